The Bertz CT molecular complexity index is 312. The van der Waals surface area contributed by atoms with Crippen molar-refractivity contribution in [1.29, 1.82) is 0 Å². The highest BCUT2D eigenvalue weighted by Gasteiger charge is 2.02. The molecule has 0 spiro atoms. The number of hydrogen-bond acceptors (Lipinski definition) is 4. The maximum Gasteiger partial charge on any atom is 0.147 e. The van der Waals surface area contributed by atoms with E-state index in [1.807, 2.05) is 13.2 Å². The van der Waals surface area contributed by atoms with E-state index in [0.29, 0.717) is 5.92 Å². The van der Waals surface area contributed by atoms with Gasteiger partial charge < -0.3 is 10.2 Å². The Morgan fingerprint density at radius 3 is 2.75 bits per heavy atom. The molecule has 90 valence electrons. The van der Waals surface area contributed by atoms with Gasteiger partial charge in [-0.25, -0.2) is 4.98 Å². The van der Waals surface area contributed by atoms with Crippen LogP contribution in [0.25, 0.3) is 0 Å². The summed E-state index contributed by atoms with van der Waals surface area (Å²) < 4.78 is 0. The van der Waals surface area contributed by atoms with Crippen LogP contribution in [0.1, 0.15) is 26.5 Å². The van der Waals surface area contributed by atoms with E-state index in [2.05, 4.69) is 41.0 Å². The first kappa shape index (κ1) is 12.9. The Morgan fingerprint density at radius 2 is 2.12 bits per heavy atom. The first-order valence-corrected chi connectivity index (χ1v) is 5.86. The smallest absolute Gasteiger partial charge is 0.147 e. The molecule has 0 atom stereocenters. The molecule has 0 aromatic carbocycles. The van der Waals surface area contributed by atoms with Crippen molar-refractivity contribution in [3.63, 3.8) is 0 Å². The molecule has 0 amide bonds. The topological polar surface area (TPSA) is 41.1 Å². The lowest BCUT2D eigenvalue weighted by Crippen LogP contribution is -2.22. The molecule has 4 nitrogen and oxygen atoms in total. The van der Waals surface area contributed by atoms with Crippen molar-refractivity contribution in [1.82, 2.24) is 15.3 Å². The lowest BCUT2D eigenvalue weighted by atomic mass is 10.2. The fourth-order valence-electron chi connectivity index (χ4n) is 1.31. The molecule has 1 aromatic rings. The average molecular weight is 222 g/mol. The van der Waals surface area contributed by atoms with E-state index in [4.69, 9.17) is 0 Å². The maximum absolute atomic E-state index is 4.54. The van der Waals surface area contributed by atoms with E-state index in [-0.39, 0.29) is 0 Å². The summed E-state index contributed by atoms with van der Waals surface area (Å²) in [5.74, 6) is 1.60. The molecule has 1 N–H and O–H groups in total. The predicted molar refractivity (Wildman–Crippen MR) is 67.5 cm³/mol. The van der Waals surface area contributed by atoms with Crippen LogP contribution in [-0.2, 0) is 6.54 Å². The second kappa shape index (κ2) is 6.43. The Kier molecular flexibility index (Phi) is 5.19. The van der Waals surface area contributed by atoms with Gasteiger partial charge in [-0.1, -0.05) is 13.8 Å². The monoisotopic (exact) mass is 222 g/mol. The van der Waals surface area contributed by atoms with Crippen LogP contribution < -0.4 is 10.2 Å². The number of nitrogens with one attached hydrogen (secondary N) is 1. The van der Waals surface area contributed by atoms with E-state index in [1.165, 1.54) is 0 Å². The SMILES string of the molecule is CCN(C)c1cncc(CNCC(C)C)n1. The first-order chi connectivity index (χ1) is 7.63. The molecule has 0 radical (unpaired) electrons. The van der Waals surface area contributed by atoms with Crippen molar-refractivity contribution >= 4 is 5.82 Å². The van der Waals surface area contributed by atoms with Gasteiger partial charge in [0, 0.05) is 26.3 Å². The van der Waals surface area contributed by atoms with Gasteiger partial charge in [-0.05, 0) is 19.4 Å². The summed E-state index contributed by atoms with van der Waals surface area (Å²) >= 11 is 0. The highest BCUT2D eigenvalue weighted by molar-refractivity contribution is 5.34. The third-order valence-corrected chi connectivity index (χ3v) is 2.40. The van der Waals surface area contributed by atoms with E-state index in [0.717, 1.165) is 31.1 Å². The summed E-state index contributed by atoms with van der Waals surface area (Å²) in [6.07, 6.45) is 3.62. The van der Waals surface area contributed by atoms with Crippen LogP contribution in [0.5, 0.6) is 0 Å². The molecule has 0 saturated carbocycles. The standard InChI is InChI=1S/C12H22N4/c1-5-16(4)12-9-14-8-11(15-12)7-13-6-10(2)3/h8-10,13H,5-7H2,1-4H3. The van der Waals surface area contributed by atoms with E-state index < -0.39 is 0 Å². The summed E-state index contributed by atoms with van der Waals surface area (Å²) in [6.45, 7) is 9.23. The molecule has 1 heterocycles. The summed E-state index contributed by atoms with van der Waals surface area (Å²) in [5.41, 5.74) is 0.999. The van der Waals surface area contributed by atoms with E-state index in [1.54, 1.807) is 6.20 Å². The second-order valence-electron chi connectivity index (χ2n) is 4.41. The lowest BCUT2D eigenvalue weighted by molar-refractivity contribution is 0.547. The van der Waals surface area contributed by atoms with Gasteiger partial charge in [0.1, 0.15) is 5.82 Å². The third-order valence-electron chi connectivity index (χ3n) is 2.40. The third kappa shape index (κ3) is 4.14. The van der Waals surface area contributed by atoms with Crippen LogP contribution in [0.15, 0.2) is 12.4 Å². The van der Waals surface area contributed by atoms with Crippen molar-refractivity contribution in [3.05, 3.63) is 18.1 Å². The molecular formula is C12H22N4. The zero-order valence-electron chi connectivity index (χ0n) is 10.7. The molecular weight excluding hydrogens is 200 g/mol. The average Bonchev–Trinajstić information content (AvgIpc) is 2.28. The Labute approximate surface area is 98.1 Å². The van der Waals surface area contributed by atoms with Gasteiger partial charge >= 0.3 is 0 Å². The van der Waals surface area contributed by atoms with Crippen LogP contribution in [0, 0.1) is 5.92 Å². The fourth-order valence-corrected chi connectivity index (χ4v) is 1.31. The molecule has 0 saturated heterocycles. The molecule has 0 unspecified atom stereocenters. The largest absolute Gasteiger partial charge is 0.359 e. The first-order valence-electron chi connectivity index (χ1n) is 5.86. The molecule has 0 aliphatic carbocycles. The lowest BCUT2D eigenvalue weighted by Gasteiger charge is -2.15. The van der Waals surface area contributed by atoms with E-state index >= 15 is 0 Å². The zero-order chi connectivity index (χ0) is 12.0. The summed E-state index contributed by atoms with van der Waals surface area (Å²) in [5, 5.41) is 3.36. The molecule has 1 rings (SSSR count). The zero-order valence-corrected chi connectivity index (χ0v) is 10.7. The van der Waals surface area contributed by atoms with Crippen molar-refractivity contribution in [2.45, 2.75) is 27.3 Å². The minimum absolute atomic E-state index is 0.662. The quantitative estimate of drug-likeness (QED) is 0.795. The molecule has 4 heteroatoms. The van der Waals surface area contributed by atoms with Gasteiger partial charge in [-0.15, -0.1) is 0 Å². The van der Waals surface area contributed by atoms with Gasteiger partial charge in [0.05, 0.1) is 11.9 Å². The van der Waals surface area contributed by atoms with Crippen LogP contribution in [0.4, 0.5) is 5.82 Å². The van der Waals surface area contributed by atoms with Crippen LogP contribution in [0.2, 0.25) is 0 Å². The van der Waals surface area contributed by atoms with Crippen molar-refractivity contribution in [2.75, 3.05) is 25.0 Å². The van der Waals surface area contributed by atoms with Crippen molar-refractivity contribution in [3.8, 4) is 0 Å². The fraction of sp³-hybridized carbons (Fsp3) is 0.667. The molecule has 1 aromatic heterocycles. The van der Waals surface area contributed by atoms with E-state index in [9.17, 15) is 0 Å². The number of anilines is 1. The van der Waals surface area contributed by atoms with Crippen LogP contribution in [0.3, 0.4) is 0 Å². The van der Waals surface area contributed by atoms with Gasteiger partial charge in [-0.3, -0.25) is 4.98 Å². The van der Waals surface area contributed by atoms with Crippen LogP contribution >= 0.6 is 0 Å². The summed E-state index contributed by atoms with van der Waals surface area (Å²) in [7, 11) is 2.02. The van der Waals surface area contributed by atoms with Gasteiger partial charge in [0.2, 0.25) is 0 Å². The minimum atomic E-state index is 0.662. The number of aromatic nitrogens is 2. The second-order valence-corrected chi connectivity index (χ2v) is 4.41. The highest BCUT2D eigenvalue weighted by Crippen LogP contribution is 2.06. The van der Waals surface area contributed by atoms with Gasteiger partial charge in [-0.2, -0.15) is 0 Å². The molecule has 0 bridgehead atoms. The molecule has 0 aliphatic rings. The highest BCUT2D eigenvalue weighted by atomic mass is 15.2. The number of rotatable bonds is 6. The number of hydrogen-bond donors (Lipinski definition) is 1. The normalized spacial score (nSPS) is 10.8. The molecule has 0 fully saturated rings. The van der Waals surface area contributed by atoms with Crippen LogP contribution in [-0.4, -0.2) is 30.1 Å². The summed E-state index contributed by atoms with van der Waals surface area (Å²) in [4.78, 5) is 10.8. The van der Waals surface area contributed by atoms with Crippen molar-refractivity contribution in [2.24, 2.45) is 5.92 Å². The minimum Gasteiger partial charge on any atom is -0.359 e. The molecule has 0 aliphatic heterocycles. The van der Waals surface area contributed by atoms with Gasteiger partial charge in [0.15, 0.2) is 0 Å². The van der Waals surface area contributed by atoms with Crippen molar-refractivity contribution < 1.29 is 0 Å². The molecule has 16 heavy (non-hydrogen) atoms. The Morgan fingerprint density at radius 1 is 1.38 bits per heavy atom. The number of nitrogens with zero attached hydrogens (tertiary/aromatic N) is 3. The summed E-state index contributed by atoms with van der Waals surface area (Å²) in [6, 6.07) is 0. The predicted octanol–water partition coefficient (Wildman–Crippen LogP) is 1.68. The Balaban J connectivity index is 2.54. The maximum atomic E-state index is 4.54. The van der Waals surface area contributed by atoms with Gasteiger partial charge in [0.25, 0.3) is 0 Å². The Hall–Kier alpha value is -1.16.